The van der Waals surface area contributed by atoms with Crippen LogP contribution in [-0.4, -0.2) is 67.7 Å². The molecule has 1 N–H and O–H groups in total. The second-order valence-electron chi connectivity index (χ2n) is 5.84. The topological polar surface area (TPSA) is 83.9 Å². The Morgan fingerprint density at radius 3 is 2.80 bits per heavy atom. The normalized spacial score (nSPS) is 33.0. The van der Waals surface area contributed by atoms with Crippen LogP contribution in [0.2, 0.25) is 0 Å². The number of aliphatic carboxylic acids is 1. The fourth-order valence-corrected chi connectivity index (χ4v) is 4.50. The number of nitrogens with zero attached hydrogens (tertiary/aromatic N) is 1. The maximum Gasteiger partial charge on any atom is 0.305 e. The molecule has 0 spiro atoms. The van der Waals surface area contributed by atoms with Crippen molar-refractivity contribution < 1.29 is 23.1 Å². The Hall–Kier alpha value is -0.660. The van der Waals surface area contributed by atoms with Crippen molar-refractivity contribution in [2.24, 2.45) is 0 Å². The minimum absolute atomic E-state index is 0.0556. The molecule has 116 valence electrons. The van der Waals surface area contributed by atoms with Crippen LogP contribution in [0.1, 0.15) is 32.1 Å². The molecule has 2 rings (SSSR count). The van der Waals surface area contributed by atoms with Gasteiger partial charge in [-0.05, 0) is 19.3 Å². The molecule has 0 bridgehead atoms. The number of sulfone groups is 1. The lowest BCUT2D eigenvalue weighted by atomic mass is 9.92. The monoisotopic (exact) mass is 305 g/mol. The zero-order valence-electron chi connectivity index (χ0n) is 11.8. The number of rotatable bonds is 4. The predicted molar refractivity (Wildman–Crippen MR) is 74.5 cm³/mol. The number of ether oxygens (including phenoxy) is 1. The Kier molecular flexibility index (Phi) is 5.04. The molecule has 1 saturated carbocycles. The molecule has 0 radical (unpaired) electrons. The fraction of sp³-hybridized carbons (Fsp3) is 0.923. The molecule has 3 unspecified atom stereocenters. The van der Waals surface area contributed by atoms with E-state index in [9.17, 15) is 13.2 Å². The van der Waals surface area contributed by atoms with Crippen LogP contribution in [0, 0.1) is 0 Å². The van der Waals surface area contributed by atoms with Crippen molar-refractivity contribution in [2.75, 3.05) is 26.0 Å². The predicted octanol–water partition coefficient (Wildman–Crippen LogP) is 0.518. The van der Waals surface area contributed by atoms with E-state index >= 15 is 0 Å². The molecule has 20 heavy (non-hydrogen) atoms. The molecule has 0 aromatic heterocycles. The summed E-state index contributed by atoms with van der Waals surface area (Å²) in [5.74, 6) is -0.832. The summed E-state index contributed by atoms with van der Waals surface area (Å²) < 4.78 is 28.8. The van der Waals surface area contributed by atoms with E-state index in [0.29, 0.717) is 26.2 Å². The second-order valence-corrected chi connectivity index (χ2v) is 8.16. The highest BCUT2D eigenvalue weighted by Gasteiger charge is 2.36. The smallest absolute Gasteiger partial charge is 0.305 e. The summed E-state index contributed by atoms with van der Waals surface area (Å²) in [5, 5.41) is 8.70. The minimum atomic E-state index is -3.01. The molecule has 2 aliphatic rings. The molecule has 1 saturated heterocycles. The van der Waals surface area contributed by atoms with Gasteiger partial charge in [0, 0.05) is 24.9 Å². The molecular weight excluding hydrogens is 282 g/mol. The third kappa shape index (κ3) is 3.93. The Bertz CT molecular complexity index is 450. The Balaban J connectivity index is 2.05. The van der Waals surface area contributed by atoms with Crippen LogP contribution in [0.15, 0.2) is 0 Å². The maximum atomic E-state index is 11.7. The van der Waals surface area contributed by atoms with Crippen LogP contribution in [-0.2, 0) is 19.4 Å². The van der Waals surface area contributed by atoms with Gasteiger partial charge in [-0.1, -0.05) is 6.42 Å². The van der Waals surface area contributed by atoms with Gasteiger partial charge in [-0.2, -0.15) is 0 Å². The number of carboxylic acid groups (broad SMARTS) is 1. The van der Waals surface area contributed by atoms with Crippen molar-refractivity contribution in [1.82, 2.24) is 4.90 Å². The maximum absolute atomic E-state index is 11.7. The highest BCUT2D eigenvalue weighted by molar-refractivity contribution is 7.91. The van der Waals surface area contributed by atoms with E-state index in [2.05, 4.69) is 4.90 Å². The number of hydrogen-bond acceptors (Lipinski definition) is 5. The standard InChI is InChI=1S/C13H23NO5S/c1-20(17,18)12-4-2-3-10(7-12)14-5-6-19-9-11(14)8-13(15)16/h10-12H,2-9H2,1H3,(H,15,16). The summed E-state index contributed by atoms with van der Waals surface area (Å²) >= 11 is 0. The number of morpholine rings is 1. The first-order chi connectivity index (χ1) is 9.38. The molecule has 0 amide bonds. The molecule has 0 aromatic carbocycles. The molecular formula is C13H23NO5S. The third-order valence-corrected chi connectivity index (χ3v) is 6.00. The summed E-state index contributed by atoms with van der Waals surface area (Å²) in [6.45, 7) is 1.71. The highest BCUT2D eigenvalue weighted by atomic mass is 32.2. The average molecular weight is 305 g/mol. The van der Waals surface area contributed by atoms with Crippen molar-refractivity contribution >= 4 is 15.8 Å². The van der Waals surface area contributed by atoms with Gasteiger partial charge in [0.1, 0.15) is 9.84 Å². The van der Waals surface area contributed by atoms with Gasteiger partial charge < -0.3 is 9.84 Å². The van der Waals surface area contributed by atoms with E-state index in [1.807, 2.05) is 0 Å². The summed E-state index contributed by atoms with van der Waals surface area (Å²) in [4.78, 5) is 13.1. The van der Waals surface area contributed by atoms with Gasteiger partial charge >= 0.3 is 5.97 Å². The van der Waals surface area contributed by atoms with Crippen molar-refractivity contribution in [2.45, 2.75) is 49.4 Å². The summed E-state index contributed by atoms with van der Waals surface area (Å²) in [5.41, 5.74) is 0. The van der Waals surface area contributed by atoms with Crippen LogP contribution >= 0.6 is 0 Å². The average Bonchev–Trinajstić information content (AvgIpc) is 2.38. The van der Waals surface area contributed by atoms with Gasteiger partial charge in [0.2, 0.25) is 0 Å². The van der Waals surface area contributed by atoms with E-state index in [4.69, 9.17) is 9.84 Å². The molecule has 6 nitrogen and oxygen atoms in total. The zero-order valence-corrected chi connectivity index (χ0v) is 12.6. The molecule has 7 heteroatoms. The van der Waals surface area contributed by atoms with Gasteiger partial charge in [-0.25, -0.2) is 8.42 Å². The number of carbonyl (C=O) groups is 1. The van der Waals surface area contributed by atoms with Crippen LogP contribution in [0.3, 0.4) is 0 Å². The summed E-state index contributed by atoms with van der Waals surface area (Å²) in [6.07, 6.45) is 4.54. The lowest BCUT2D eigenvalue weighted by Gasteiger charge is -2.43. The quantitative estimate of drug-likeness (QED) is 0.815. The van der Waals surface area contributed by atoms with E-state index in [-0.39, 0.29) is 23.8 Å². The van der Waals surface area contributed by atoms with E-state index < -0.39 is 15.8 Å². The van der Waals surface area contributed by atoms with Crippen LogP contribution in [0.25, 0.3) is 0 Å². The molecule has 0 aromatic rings. The van der Waals surface area contributed by atoms with Gasteiger partial charge in [0.25, 0.3) is 0 Å². The van der Waals surface area contributed by atoms with Gasteiger partial charge in [0.15, 0.2) is 0 Å². The first-order valence-electron chi connectivity index (χ1n) is 7.12. The number of carboxylic acids is 1. The lowest BCUT2D eigenvalue weighted by Crippen LogP contribution is -2.53. The van der Waals surface area contributed by atoms with E-state index in [0.717, 1.165) is 19.3 Å². The minimum Gasteiger partial charge on any atom is -0.481 e. The van der Waals surface area contributed by atoms with Crippen LogP contribution < -0.4 is 0 Å². The van der Waals surface area contributed by atoms with Crippen LogP contribution in [0.5, 0.6) is 0 Å². The molecule has 2 fully saturated rings. The largest absolute Gasteiger partial charge is 0.481 e. The van der Waals surface area contributed by atoms with Crippen molar-refractivity contribution in [3.05, 3.63) is 0 Å². The molecule has 3 atom stereocenters. The van der Waals surface area contributed by atoms with Crippen LogP contribution in [0.4, 0.5) is 0 Å². The molecule has 1 aliphatic carbocycles. The second kappa shape index (κ2) is 6.41. The highest BCUT2D eigenvalue weighted by Crippen LogP contribution is 2.29. The Morgan fingerprint density at radius 2 is 2.15 bits per heavy atom. The van der Waals surface area contributed by atoms with Gasteiger partial charge in [0.05, 0.1) is 24.9 Å². The van der Waals surface area contributed by atoms with E-state index in [1.165, 1.54) is 6.26 Å². The Labute approximate surface area is 120 Å². The van der Waals surface area contributed by atoms with Crippen molar-refractivity contribution in [3.63, 3.8) is 0 Å². The SMILES string of the molecule is CS(=O)(=O)C1CCCC(N2CCOCC2CC(=O)O)C1. The van der Waals surface area contributed by atoms with Gasteiger partial charge in [-0.15, -0.1) is 0 Å². The fourth-order valence-electron chi connectivity index (χ4n) is 3.34. The lowest BCUT2D eigenvalue weighted by molar-refractivity contribution is -0.141. The van der Waals surface area contributed by atoms with Crippen molar-refractivity contribution in [1.29, 1.82) is 0 Å². The number of hydrogen-bond donors (Lipinski definition) is 1. The Morgan fingerprint density at radius 1 is 1.40 bits per heavy atom. The van der Waals surface area contributed by atoms with E-state index in [1.54, 1.807) is 0 Å². The zero-order chi connectivity index (χ0) is 14.8. The van der Waals surface area contributed by atoms with Gasteiger partial charge in [-0.3, -0.25) is 9.69 Å². The first-order valence-corrected chi connectivity index (χ1v) is 9.07. The van der Waals surface area contributed by atoms with Crippen molar-refractivity contribution in [3.8, 4) is 0 Å². The summed E-state index contributed by atoms with van der Waals surface area (Å²) in [7, 11) is -3.01. The first kappa shape index (κ1) is 15.7. The summed E-state index contributed by atoms with van der Waals surface area (Å²) in [6, 6.07) is 0.0290. The third-order valence-electron chi connectivity index (χ3n) is 4.36. The molecule has 1 aliphatic heterocycles. The molecule has 1 heterocycles.